The van der Waals surface area contributed by atoms with Gasteiger partial charge in [0.2, 0.25) is 0 Å². The second kappa shape index (κ2) is 7.94. The van der Waals surface area contributed by atoms with Crippen molar-refractivity contribution in [2.75, 3.05) is 7.05 Å². The zero-order valence-corrected chi connectivity index (χ0v) is 15.2. The number of halogens is 5. The number of aryl methyl sites for hydroxylation is 1. The molecule has 0 aliphatic rings. The van der Waals surface area contributed by atoms with Gasteiger partial charge in [-0.15, -0.1) is 0 Å². The van der Waals surface area contributed by atoms with E-state index in [9.17, 15) is 22.8 Å². The summed E-state index contributed by atoms with van der Waals surface area (Å²) in [6, 6.07) is 8.80. The number of nitrogens with zero attached hydrogens (tertiary/aromatic N) is 1. The molecular formula is C19H20ClF4NO. The second-order valence-electron chi connectivity index (χ2n) is 6.66. The van der Waals surface area contributed by atoms with Crippen LogP contribution >= 0.6 is 11.6 Å². The standard InChI is InChI=1S/C19H20ClF4NO/c1-13(3-4-14-7-10-18(21)17(20)11-14)25(2,26)12-15-5-8-16(9-6-15)19(22,23)24/h5-11,13H,3-4,12H2,1-2H3/t13-,25?/m1/s1. The molecule has 0 heterocycles. The number of rotatable bonds is 6. The highest BCUT2D eigenvalue weighted by atomic mass is 35.5. The van der Waals surface area contributed by atoms with Crippen LogP contribution in [0.25, 0.3) is 0 Å². The number of alkyl halides is 3. The summed E-state index contributed by atoms with van der Waals surface area (Å²) in [6.07, 6.45) is -3.29. The summed E-state index contributed by atoms with van der Waals surface area (Å²) in [6.45, 7) is 1.87. The van der Waals surface area contributed by atoms with Crippen molar-refractivity contribution in [3.63, 3.8) is 0 Å². The average Bonchev–Trinajstić information content (AvgIpc) is 2.55. The monoisotopic (exact) mass is 389 g/mol. The van der Waals surface area contributed by atoms with E-state index >= 15 is 0 Å². The number of quaternary nitrogens is 1. The van der Waals surface area contributed by atoms with Crippen molar-refractivity contribution in [2.24, 2.45) is 0 Å². The normalized spacial score (nSPS) is 15.5. The van der Waals surface area contributed by atoms with Crippen LogP contribution in [0.2, 0.25) is 5.02 Å². The molecule has 142 valence electrons. The minimum atomic E-state index is -4.39. The fourth-order valence-electron chi connectivity index (χ4n) is 2.66. The Hall–Kier alpha value is -1.63. The molecule has 0 spiro atoms. The summed E-state index contributed by atoms with van der Waals surface area (Å²) >= 11 is 5.75. The molecule has 0 aromatic heterocycles. The Kier molecular flexibility index (Phi) is 6.32. The quantitative estimate of drug-likeness (QED) is 0.339. The lowest BCUT2D eigenvalue weighted by Crippen LogP contribution is -2.45. The predicted octanol–water partition coefficient (Wildman–Crippen LogP) is 5.96. The first-order valence-electron chi connectivity index (χ1n) is 8.15. The maximum absolute atomic E-state index is 13.2. The largest absolute Gasteiger partial charge is 0.633 e. The third kappa shape index (κ3) is 5.43. The van der Waals surface area contributed by atoms with E-state index < -0.39 is 22.2 Å². The molecular weight excluding hydrogens is 370 g/mol. The molecule has 2 nitrogen and oxygen atoms in total. The van der Waals surface area contributed by atoms with Gasteiger partial charge in [0, 0.05) is 12.0 Å². The van der Waals surface area contributed by atoms with Gasteiger partial charge in [-0.25, -0.2) is 4.39 Å². The highest BCUT2D eigenvalue weighted by molar-refractivity contribution is 6.30. The summed E-state index contributed by atoms with van der Waals surface area (Å²) in [5, 5.41) is 12.9. The lowest BCUT2D eigenvalue weighted by molar-refractivity contribution is -0.898. The fraction of sp³-hybridized carbons (Fsp3) is 0.368. The Balaban J connectivity index is 1.98. The van der Waals surface area contributed by atoms with Crippen LogP contribution in [-0.2, 0) is 19.1 Å². The molecule has 0 fully saturated rings. The van der Waals surface area contributed by atoms with Gasteiger partial charge in [-0.2, -0.15) is 13.2 Å². The molecule has 0 amide bonds. The highest BCUT2D eigenvalue weighted by Crippen LogP contribution is 2.30. The maximum atomic E-state index is 13.2. The lowest BCUT2D eigenvalue weighted by Gasteiger charge is -2.44. The van der Waals surface area contributed by atoms with Crippen LogP contribution in [0.3, 0.4) is 0 Å². The first-order valence-corrected chi connectivity index (χ1v) is 8.53. The van der Waals surface area contributed by atoms with Gasteiger partial charge < -0.3 is 9.85 Å². The first-order chi connectivity index (χ1) is 12.0. The molecule has 0 bridgehead atoms. The van der Waals surface area contributed by atoms with Crippen LogP contribution in [0, 0.1) is 11.0 Å². The molecule has 0 aliphatic heterocycles. The fourth-order valence-corrected chi connectivity index (χ4v) is 2.86. The SMILES string of the molecule is C[C@H](CCc1ccc(F)c(Cl)c1)[N+](C)([O-])Cc1ccc(C(F)(F)F)cc1. The van der Waals surface area contributed by atoms with Crippen molar-refractivity contribution in [2.45, 2.75) is 38.5 Å². The van der Waals surface area contributed by atoms with E-state index in [0.29, 0.717) is 18.4 Å². The van der Waals surface area contributed by atoms with E-state index in [2.05, 4.69) is 0 Å². The number of hydroxylamine groups is 3. The Morgan fingerprint density at radius 1 is 1.08 bits per heavy atom. The van der Waals surface area contributed by atoms with E-state index in [1.54, 1.807) is 13.0 Å². The smallest absolute Gasteiger partial charge is 0.416 e. The molecule has 7 heteroatoms. The lowest BCUT2D eigenvalue weighted by atomic mass is 10.0. The van der Waals surface area contributed by atoms with Gasteiger partial charge >= 0.3 is 6.18 Å². The Morgan fingerprint density at radius 3 is 2.19 bits per heavy atom. The molecule has 1 unspecified atom stereocenters. The third-order valence-corrected chi connectivity index (χ3v) is 4.83. The van der Waals surface area contributed by atoms with Crippen molar-refractivity contribution in [1.82, 2.24) is 0 Å². The van der Waals surface area contributed by atoms with Gasteiger partial charge in [0.05, 0.1) is 23.7 Å². The molecule has 0 saturated carbocycles. The van der Waals surface area contributed by atoms with Crippen LogP contribution in [0.4, 0.5) is 17.6 Å². The molecule has 2 aromatic carbocycles. The maximum Gasteiger partial charge on any atom is 0.416 e. The minimum absolute atomic E-state index is 0.0410. The topological polar surface area (TPSA) is 23.1 Å². The molecule has 26 heavy (non-hydrogen) atoms. The molecule has 2 atom stereocenters. The Bertz CT molecular complexity index is 744. The van der Waals surface area contributed by atoms with Crippen LogP contribution in [-0.4, -0.2) is 17.7 Å². The highest BCUT2D eigenvalue weighted by Gasteiger charge is 2.30. The number of hydrogen-bond acceptors (Lipinski definition) is 1. The summed E-state index contributed by atoms with van der Waals surface area (Å²) in [4.78, 5) is 0. The van der Waals surface area contributed by atoms with Crippen molar-refractivity contribution >= 4 is 11.6 Å². The van der Waals surface area contributed by atoms with Crippen LogP contribution in [0.1, 0.15) is 30.0 Å². The predicted molar refractivity (Wildman–Crippen MR) is 93.9 cm³/mol. The zero-order valence-electron chi connectivity index (χ0n) is 14.5. The van der Waals surface area contributed by atoms with E-state index in [0.717, 1.165) is 17.7 Å². The van der Waals surface area contributed by atoms with Gasteiger partial charge in [0.15, 0.2) is 0 Å². The van der Waals surface area contributed by atoms with Gasteiger partial charge in [0.1, 0.15) is 12.4 Å². The second-order valence-corrected chi connectivity index (χ2v) is 7.07. The molecule has 2 aromatic rings. The third-order valence-electron chi connectivity index (χ3n) is 4.54. The van der Waals surface area contributed by atoms with Crippen molar-refractivity contribution in [1.29, 1.82) is 0 Å². The Labute approximate surface area is 155 Å². The Morgan fingerprint density at radius 2 is 1.65 bits per heavy atom. The number of hydrogen-bond donors (Lipinski definition) is 0. The minimum Gasteiger partial charge on any atom is -0.633 e. The molecule has 0 saturated heterocycles. The van der Waals surface area contributed by atoms with Gasteiger partial charge in [-0.3, -0.25) is 0 Å². The first kappa shape index (κ1) is 20.7. The summed E-state index contributed by atoms with van der Waals surface area (Å²) in [7, 11) is 1.50. The van der Waals surface area contributed by atoms with E-state index in [-0.39, 0.29) is 17.6 Å². The van der Waals surface area contributed by atoms with Crippen LogP contribution in [0.5, 0.6) is 0 Å². The van der Waals surface area contributed by atoms with Gasteiger partial charge in [0.25, 0.3) is 0 Å². The summed E-state index contributed by atoms with van der Waals surface area (Å²) in [5.74, 6) is -0.491. The summed E-state index contributed by atoms with van der Waals surface area (Å²) < 4.78 is 50.4. The van der Waals surface area contributed by atoms with Crippen molar-refractivity contribution in [3.05, 3.63) is 75.2 Å². The van der Waals surface area contributed by atoms with E-state index in [1.807, 2.05) is 0 Å². The van der Waals surface area contributed by atoms with E-state index in [4.69, 9.17) is 11.6 Å². The van der Waals surface area contributed by atoms with Crippen molar-refractivity contribution in [3.8, 4) is 0 Å². The average molecular weight is 390 g/mol. The van der Waals surface area contributed by atoms with Gasteiger partial charge in [-0.1, -0.05) is 29.8 Å². The molecule has 0 radical (unpaired) electrons. The van der Waals surface area contributed by atoms with Crippen LogP contribution < -0.4 is 0 Å². The zero-order chi connectivity index (χ0) is 19.5. The molecule has 2 rings (SSSR count). The van der Waals surface area contributed by atoms with Crippen LogP contribution in [0.15, 0.2) is 42.5 Å². The molecule has 0 N–H and O–H groups in total. The summed E-state index contributed by atoms with van der Waals surface area (Å²) in [5.41, 5.74) is 0.646. The number of benzene rings is 2. The van der Waals surface area contributed by atoms with Crippen molar-refractivity contribution < 1.29 is 22.2 Å². The van der Waals surface area contributed by atoms with E-state index in [1.165, 1.54) is 31.3 Å². The van der Waals surface area contributed by atoms with Gasteiger partial charge in [-0.05, 0) is 43.2 Å². The molecule has 0 aliphatic carbocycles.